The van der Waals surface area contributed by atoms with Crippen LogP contribution >= 0.6 is 0 Å². The van der Waals surface area contributed by atoms with E-state index >= 15 is 0 Å². The highest BCUT2D eigenvalue weighted by Gasteiger charge is 2.52. The predicted octanol–water partition coefficient (Wildman–Crippen LogP) is 1.23. The van der Waals surface area contributed by atoms with Crippen molar-refractivity contribution >= 4 is 23.4 Å². The molecule has 3 heterocycles. The first-order chi connectivity index (χ1) is 9.73. The van der Waals surface area contributed by atoms with E-state index in [0.717, 1.165) is 10.8 Å². The first kappa shape index (κ1) is 14.3. The van der Waals surface area contributed by atoms with Crippen molar-refractivity contribution in [3.8, 4) is 0 Å². The lowest BCUT2D eigenvalue weighted by Crippen LogP contribution is -2.41. The highest BCUT2D eigenvalue weighted by molar-refractivity contribution is 6.65. The van der Waals surface area contributed by atoms with Crippen molar-refractivity contribution in [1.29, 1.82) is 0 Å². The van der Waals surface area contributed by atoms with Crippen molar-refractivity contribution in [2.75, 3.05) is 0 Å². The second kappa shape index (κ2) is 4.42. The average Bonchev–Trinajstić information content (AvgIpc) is 2.63. The Bertz CT molecular complexity index is 751. The third-order valence-electron chi connectivity index (χ3n) is 4.52. The van der Waals surface area contributed by atoms with Crippen LogP contribution in [0.25, 0.3) is 10.8 Å². The van der Waals surface area contributed by atoms with Gasteiger partial charge in [-0.3, -0.25) is 9.78 Å². The topological polar surface area (TPSA) is 53.4 Å². The zero-order valence-corrected chi connectivity index (χ0v) is 13.0. The van der Waals surface area contributed by atoms with Crippen molar-refractivity contribution in [2.24, 2.45) is 7.05 Å². The number of aromatic nitrogens is 2. The van der Waals surface area contributed by atoms with Gasteiger partial charge in [0.2, 0.25) is 0 Å². The van der Waals surface area contributed by atoms with Gasteiger partial charge in [-0.25, -0.2) is 0 Å². The van der Waals surface area contributed by atoms with Gasteiger partial charge in [-0.2, -0.15) is 0 Å². The van der Waals surface area contributed by atoms with Gasteiger partial charge in [0, 0.05) is 31.1 Å². The van der Waals surface area contributed by atoms with E-state index in [1.165, 1.54) is 0 Å². The molecular formula is C15H19BN2O3. The summed E-state index contributed by atoms with van der Waals surface area (Å²) < 4.78 is 13.7. The highest BCUT2D eigenvalue weighted by atomic mass is 16.7. The predicted molar refractivity (Wildman–Crippen MR) is 82.7 cm³/mol. The van der Waals surface area contributed by atoms with Gasteiger partial charge in [-0.15, -0.1) is 0 Å². The first-order valence-corrected chi connectivity index (χ1v) is 7.02. The molecule has 5 nitrogen and oxygen atoms in total. The Morgan fingerprint density at radius 1 is 1.14 bits per heavy atom. The van der Waals surface area contributed by atoms with Gasteiger partial charge in [0.15, 0.2) is 0 Å². The van der Waals surface area contributed by atoms with Crippen LogP contribution in [0.1, 0.15) is 27.7 Å². The summed E-state index contributed by atoms with van der Waals surface area (Å²) in [6.45, 7) is 8.05. The smallest absolute Gasteiger partial charge is 0.399 e. The summed E-state index contributed by atoms with van der Waals surface area (Å²) in [6.07, 6.45) is 5.05. The van der Waals surface area contributed by atoms with Gasteiger partial charge < -0.3 is 13.9 Å². The molecule has 0 bridgehead atoms. The lowest BCUT2D eigenvalue weighted by Gasteiger charge is -2.32. The van der Waals surface area contributed by atoms with Crippen LogP contribution in [-0.2, 0) is 16.4 Å². The van der Waals surface area contributed by atoms with E-state index in [9.17, 15) is 4.79 Å². The molecule has 3 rings (SSSR count). The zero-order valence-electron chi connectivity index (χ0n) is 13.0. The van der Waals surface area contributed by atoms with Crippen molar-refractivity contribution in [3.05, 3.63) is 35.0 Å². The van der Waals surface area contributed by atoms with Crippen LogP contribution in [0.5, 0.6) is 0 Å². The Morgan fingerprint density at radius 2 is 1.76 bits per heavy atom. The molecule has 21 heavy (non-hydrogen) atoms. The van der Waals surface area contributed by atoms with Crippen LogP contribution in [0.2, 0.25) is 0 Å². The van der Waals surface area contributed by atoms with E-state index in [4.69, 9.17) is 9.31 Å². The lowest BCUT2D eigenvalue weighted by molar-refractivity contribution is 0.00578. The Morgan fingerprint density at radius 3 is 2.38 bits per heavy atom. The number of hydrogen-bond donors (Lipinski definition) is 0. The minimum Gasteiger partial charge on any atom is -0.399 e. The largest absolute Gasteiger partial charge is 0.496 e. The van der Waals surface area contributed by atoms with E-state index in [-0.39, 0.29) is 5.56 Å². The number of rotatable bonds is 1. The summed E-state index contributed by atoms with van der Waals surface area (Å²) in [5, 5.41) is 1.40. The molecule has 0 aliphatic carbocycles. The van der Waals surface area contributed by atoms with Gasteiger partial charge >= 0.3 is 7.12 Å². The Hall–Kier alpha value is -1.66. The fourth-order valence-electron chi connectivity index (χ4n) is 2.50. The molecule has 0 radical (unpaired) electrons. The Labute approximate surface area is 124 Å². The molecule has 110 valence electrons. The van der Waals surface area contributed by atoms with Crippen LogP contribution < -0.4 is 11.0 Å². The second-order valence-electron chi connectivity index (χ2n) is 6.51. The maximum Gasteiger partial charge on any atom is 0.496 e. The van der Waals surface area contributed by atoms with Crippen LogP contribution in [0, 0.1) is 0 Å². The molecule has 1 aliphatic heterocycles. The number of nitrogens with zero attached hydrogens (tertiary/aromatic N) is 2. The van der Waals surface area contributed by atoms with E-state index in [1.807, 2.05) is 33.8 Å². The molecule has 0 atom stereocenters. The Balaban J connectivity index is 2.19. The molecule has 0 aromatic carbocycles. The van der Waals surface area contributed by atoms with Crippen molar-refractivity contribution in [1.82, 2.24) is 9.55 Å². The first-order valence-electron chi connectivity index (χ1n) is 7.02. The van der Waals surface area contributed by atoms with Crippen LogP contribution in [0.3, 0.4) is 0 Å². The molecule has 0 spiro atoms. The fourth-order valence-corrected chi connectivity index (χ4v) is 2.50. The van der Waals surface area contributed by atoms with Gasteiger partial charge in [-0.05, 0) is 39.1 Å². The molecule has 0 amide bonds. The number of aryl methyl sites for hydroxylation is 1. The van der Waals surface area contributed by atoms with Gasteiger partial charge in [0.1, 0.15) is 0 Å². The Kier molecular flexibility index (Phi) is 3.01. The summed E-state index contributed by atoms with van der Waals surface area (Å²) >= 11 is 0. The molecule has 0 N–H and O–H groups in total. The average molecular weight is 286 g/mol. The molecule has 0 saturated carbocycles. The van der Waals surface area contributed by atoms with Crippen LogP contribution in [-0.4, -0.2) is 27.9 Å². The third kappa shape index (κ3) is 2.10. The normalized spacial score (nSPS) is 20.1. The van der Waals surface area contributed by atoms with E-state index in [0.29, 0.717) is 5.39 Å². The summed E-state index contributed by atoms with van der Waals surface area (Å²) in [6, 6.07) is 1.83. The molecule has 0 unspecified atom stereocenters. The molecule has 2 aromatic rings. The quantitative estimate of drug-likeness (QED) is 0.740. The van der Waals surface area contributed by atoms with Gasteiger partial charge in [0.25, 0.3) is 5.56 Å². The van der Waals surface area contributed by atoms with Gasteiger partial charge in [0.05, 0.1) is 16.6 Å². The standard InChI is InChI=1S/C15H19BN2O3/c1-14(2)15(3,4)21-16(20-14)12-9-18(5)13(19)11-8-17-7-6-10(11)12/h6-9H,1-5H3. The third-order valence-corrected chi connectivity index (χ3v) is 4.52. The maximum absolute atomic E-state index is 12.2. The van der Waals surface area contributed by atoms with E-state index in [1.54, 1.807) is 30.2 Å². The number of pyridine rings is 2. The molecule has 2 aromatic heterocycles. The summed E-state index contributed by atoms with van der Waals surface area (Å²) in [5.74, 6) is 0. The molecule has 1 fully saturated rings. The second-order valence-corrected chi connectivity index (χ2v) is 6.51. The highest BCUT2D eigenvalue weighted by Crippen LogP contribution is 2.36. The lowest BCUT2D eigenvalue weighted by atomic mass is 9.77. The number of hydrogen-bond acceptors (Lipinski definition) is 4. The SMILES string of the molecule is Cn1cc(B2OC(C)(C)C(C)(C)O2)c2ccncc2c1=O. The molecule has 1 aliphatic rings. The molecular weight excluding hydrogens is 267 g/mol. The summed E-state index contributed by atoms with van der Waals surface area (Å²) in [4.78, 5) is 16.2. The summed E-state index contributed by atoms with van der Waals surface area (Å²) in [5.41, 5.74) is -0.0382. The van der Waals surface area contributed by atoms with Crippen LogP contribution in [0.15, 0.2) is 29.5 Å². The minimum absolute atomic E-state index is 0.0710. The monoisotopic (exact) mass is 286 g/mol. The van der Waals surface area contributed by atoms with Gasteiger partial charge in [-0.1, -0.05) is 0 Å². The van der Waals surface area contributed by atoms with Crippen molar-refractivity contribution < 1.29 is 9.31 Å². The van der Waals surface area contributed by atoms with Crippen molar-refractivity contribution in [2.45, 2.75) is 38.9 Å². The minimum atomic E-state index is -0.494. The van der Waals surface area contributed by atoms with E-state index in [2.05, 4.69) is 4.98 Å². The zero-order chi connectivity index (χ0) is 15.4. The van der Waals surface area contributed by atoms with E-state index < -0.39 is 18.3 Å². The maximum atomic E-state index is 12.2. The van der Waals surface area contributed by atoms with Crippen molar-refractivity contribution in [3.63, 3.8) is 0 Å². The van der Waals surface area contributed by atoms with Crippen LogP contribution in [0.4, 0.5) is 0 Å². The summed E-state index contributed by atoms with van der Waals surface area (Å²) in [7, 11) is 1.23. The molecule has 1 saturated heterocycles. The number of fused-ring (bicyclic) bond motifs is 1. The molecule has 6 heteroatoms. The fraction of sp³-hybridized carbons (Fsp3) is 0.467.